The first-order chi connectivity index (χ1) is 11.5. The van der Waals surface area contributed by atoms with Crippen molar-refractivity contribution in [2.24, 2.45) is 5.10 Å². The zero-order chi connectivity index (χ0) is 17.3. The minimum Gasteiger partial charge on any atom is -0.477 e. The van der Waals surface area contributed by atoms with Gasteiger partial charge in [-0.05, 0) is 44.0 Å². The number of anilines is 1. The van der Waals surface area contributed by atoms with Gasteiger partial charge in [0.25, 0.3) is 5.56 Å². The Bertz CT molecular complexity index is 874. The van der Waals surface area contributed by atoms with E-state index in [0.29, 0.717) is 30.1 Å². The van der Waals surface area contributed by atoms with Gasteiger partial charge in [-0.1, -0.05) is 0 Å². The quantitative estimate of drug-likeness (QED) is 0.842. The first-order valence-electron chi connectivity index (χ1n) is 7.40. The summed E-state index contributed by atoms with van der Waals surface area (Å²) >= 11 is 0. The molecule has 2 aromatic rings. The third kappa shape index (κ3) is 2.90. The third-order valence-corrected chi connectivity index (χ3v) is 3.89. The van der Waals surface area contributed by atoms with Gasteiger partial charge < -0.3 is 5.11 Å². The predicted molar refractivity (Wildman–Crippen MR) is 86.0 cm³/mol. The van der Waals surface area contributed by atoms with E-state index in [0.717, 1.165) is 6.20 Å². The lowest BCUT2D eigenvalue weighted by Gasteiger charge is -2.25. The SMILES string of the molecule is CC1CC/C(=N\Nc2ccc(F)cc2)c2ncc(C(=O)O)c(=O)n21. The van der Waals surface area contributed by atoms with Gasteiger partial charge in [-0.2, -0.15) is 5.10 Å². The van der Waals surface area contributed by atoms with Crippen molar-refractivity contribution in [3.8, 4) is 0 Å². The Balaban J connectivity index is 1.98. The minimum absolute atomic E-state index is 0.163. The highest BCUT2D eigenvalue weighted by Crippen LogP contribution is 2.22. The Labute approximate surface area is 136 Å². The second kappa shape index (κ2) is 6.23. The largest absolute Gasteiger partial charge is 0.477 e. The molecule has 124 valence electrons. The molecule has 0 fully saturated rings. The Morgan fingerprint density at radius 2 is 2.12 bits per heavy atom. The fourth-order valence-corrected chi connectivity index (χ4v) is 2.59. The van der Waals surface area contributed by atoms with Crippen LogP contribution in [0.1, 0.15) is 42.0 Å². The van der Waals surface area contributed by atoms with Crippen molar-refractivity contribution >= 4 is 17.4 Å². The summed E-state index contributed by atoms with van der Waals surface area (Å²) in [7, 11) is 0. The van der Waals surface area contributed by atoms with Gasteiger partial charge in [0.1, 0.15) is 17.1 Å². The number of carboxylic acids is 1. The number of carbonyl (C=O) groups is 1. The summed E-state index contributed by atoms with van der Waals surface area (Å²) in [6, 6.07) is 5.53. The molecule has 2 N–H and O–H groups in total. The summed E-state index contributed by atoms with van der Waals surface area (Å²) in [5.74, 6) is -1.30. The number of hydrogen-bond acceptors (Lipinski definition) is 5. The molecule has 0 spiro atoms. The number of halogens is 1. The van der Waals surface area contributed by atoms with E-state index in [2.05, 4.69) is 15.5 Å². The monoisotopic (exact) mass is 330 g/mol. The lowest BCUT2D eigenvalue weighted by Crippen LogP contribution is -2.37. The molecule has 0 radical (unpaired) electrons. The van der Waals surface area contributed by atoms with Crippen molar-refractivity contribution in [3.05, 3.63) is 58.0 Å². The second-order valence-corrected chi connectivity index (χ2v) is 5.54. The topological polar surface area (TPSA) is 96.6 Å². The van der Waals surface area contributed by atoms with Gasteiger partial charge in [0, 0.05) is 12.2 Å². The van der Waals surface area contributed by atoms with Gasteiger partial charge >= 0.3 is 5.97 Å². The van der Waals surface area contributed by atoms with E-state index in [4.69, 9.17) is 5.11 Å². The summed E-state index contributed by atoms with van der Waals surface area (Å²) in [5.41, 5.74) is 3.00. The fourth-order valence-electron chi connectivity index (χ4n) is 2.59. The van der Waals surface area contributed by atoms with Crippen LogP contribution in [-0.2, 0) is 0 Å². The van der Waals surface area contributed by atoms with Gasteiger partial charge in [-0.25, -0.2) is 14.2 Å². The number of fused-ring (bicyclic) bond motifs is 1. The standard InChI is InChI=1S/C16H15FN4O3/c1-9-2-7-13(20-19-11-5-3-10(17)4-6-11)14-18-8-12(16(23)24)15(22)21(9)14/h3-6,8-9,19H,2,7H2,1H3,(H,23,24)/b20-13+. The van der Waals surface area contributed by atoms with Gasteiger partial charge in [-0.15, -0.1) is 0 Å². The van der Waals surface area contributed by atoms with Crippen molar-refractivity contribution in [2.75, 3.05) is 5.43 Å². The Hall–Kier alpha value is -3.03. The van der Waals surface area contributed by atoms with Crippen LogP contribution in [0, 0.1) is 5.82 Å². The maximum absolute atomic E-state index is 12.9. The lowest BCUT2D eigenvalue weighted by atomic mass is 10.0. The van der Waals surface area contributed by atoms with E-state index in [1.807, 2.05) is 6.92 Å². The van der Waals surface area contributed by atoms with Crippen LogP contribution < -0.4 is 11.0 Å². The molecule has 0 saturated carbocycles. The van der Waals surface area contributed by atoms with Crippen LogP contribution in [0.25, 0.3) is 0 Å². The van der Waals surface area contributed by atoms with Crippen LogP contribution in [0.4, 0.5) is 10.1 Å². The summed E-state index contributed by atoms with van der Waals surface area (Å²) in [6.07, 6.45) is 2.29. The van der Waals surface area contributed by atoms with Crippen molar-refractivity contribution in [2.45, 2.75) is 25.8 Å². The molecule has 1 aromatic heterocycles. The Kier molecular flexibility index (Phi) is 4.11. The van der Waals surface area contributed by atoms with Crippen LogP contribution in [0.3, 0.4) is 0 Å². The van der Waals surface area contributed by atoms with E-state index in [9.17, 15) is 14.0 Å². The minimum atomic E-state index is -1.30. The summed E-state index contributed by atoms with van der Waals surface area (Å²) in [6.45, 7) is 1.84. The number of nitrogens with zero attached hydrogens (tertiary/aromatic N) is 3. The van der Waals surface area contributed by atoms with Gasteiger partial charge in [-0.3, -0.25) is 14.8 Å². The number of aromatic carboxylic acids is 1. The lowest BCUT2D eigenvalue weighted by molar-refractivity contribution is 0.0693. The zero-order valence-corrected chi connectivity index (χ0v) is 12.9. The molecule has 2 heterocycles. The normalized spacial score (nSPS) is 18.2. The smallest absolute Gasteiger partial charge is 0.342 e. The summed E-state index contributed by atoms with van der Waals surface area (Å²) in [4.78, 5) is 27.6. The highest BCUT2D eigenvalue weighted by atomic mass is 19.1. The molecule has 24 heavy (non-hydrogen) atoms. The van der Waals surface area contributed by atoms with Crippen molar-refractivity contribution < 1.29 is 14.3 Å². The third-order valence-electron chi connectivity index (χ3n) is 3.89. The molecular weight excluding hydrogens is 315 g/mol. The molecule has 1 aromatic carbocycles. The molecule has 3 rings (SSSR count). The zero-order valence-electron chi connectivity index (χ0n) is 12.9. The molecule has 0 bridgehead atoms. The number of rotatable bonds is 3. The highest BCUT2D eigenvalue weighted by molar-refractivity contribution is 5.99. The average Bonchev–Trinajstić information content (AvgIpc) is 2.55. The van der Waals surface area contributed by atoms with E-state index >= 15 is 0 Å². The number of aromatic nitrogens is 2. The van der Waals surface area contributed by atoms with Gasteiger partial charge in [0.2, 0.25) is 0 Å². The summed E-state index contributed by atoms with van der Waals surface area (Å²) < 4.78 is 14.3. The molecule has 0 amide bonds. The van der Waals surface area contributed by atoms with Crippen LogP contribution in [-0.4, -0.2) is 26.3 Å². The van der Waals surface area contributed by atoms with E-state index in [1.54, 1.807) is 12.1 Å². The van der Waals surface area contributed by atoms with E-state index in [1.165, 1.54) is 16.7 Å². The maximum Gasteiger partial charge on any atom is 0.342 e. The van der Waals surface area contributed by atoms with E-state index < -0.39 is 11.5 Å². The molecular formula is C16H15FN4O3. The molecule has 7 nitrogen and oxygen atoms in total. The van der Waals surface area contributed by atoms with Crippen molar-refractivity contribution in [1.82, 2.24) is 9.55 Å². The number of hydrogen-bond donors (Lipinski definition) is 2. The number of hydrazone groups is 1. The predicted octanol–water partition coefficient (Wildman–Crippen LogP) is 2.25. The van der Waals surface area contributed by atoms with Crippen LogP contribution in [0.5, 0.6) is 0 Å². The van der Waals surface area contributed by atoms with Gasteiger partial charge in [0.05, 0.1) is 5.69 Å². The molecule has 1 atom stereocenters. The second-order valence-electron chi connectivity index (χ2n) is 5.54. The van der Waals surface area contributed by atoms with Crippen molar-refractivity contribution in [1.29, 1.82) is 0 Å². The van der Waals surface area contributed by atoms with Crippen LogP contribution in [0.2, 0.25) is 0 Å². The highest BCUT2D eigenvalue weighted by Gasteiger charge is 2.26. The molecule has 1 aliphatic heterocycles. The van der Waals surface area contributed by atoms with Crippen LogP contribution >= 0.6 is 0 Å². The Morgan fingerprint density at radius 3 is 2.79 bits per heavy atom. The van der Waals surface area contributed by atoms with E-state index in [-0.39, 0.29) is 17.4 Å². The molecule has 0 aliphatic carbocycles. The molecule has 0 saturated heterocycles. The first-order valence-corrected chi connectivity index (χ1v) is 7.40. The molecule has 1 aliphatic rings. The van der Waals surface area contributed by atoms with Crippen molar-refractivity contribution in [3.63, 3.8) is 0 Å². The number of carboxylic acid groups (broad SMARTS) is 1. The number of nitrogens with one attached hydrogen (secondary N) is 1. The molecule has 8 heteroatoms. The Morgan fingerprint density at radius 1 is 1.42 bits per heavy atom. The first kappa shape index (κ1) is 15.9. The maximum atomic E-state index is 12.9. The summed E-state index contributed by atoms with van der Waals surface area (Å²) in [5, 5.41) is 13.3. The average molecular weight is 330 g/mol. The van der Waals surface area contributed by atoms with Crippen LogP contribution in [0.15, 0.2) is 40.4 Å². The van der Waals surface area contributed by atoms with Gasteiger partial charge in [0.15, 0.2) is 5.82 Å². The fraction of sp³-hybridized carbons (Fsp3) is 0.250. The number of benzene rings is 1. The molecule has 1 unspecified atom stereocenters.